The molecule has 0 bridgehead atoms. The zero-order chi connectivity index (χ0) is 26.3. The maximum atomic E-state index is 11.9. The molecule has 2 aromatic carbocycles. The van der Waals surface area contributed by atoms with Crippen molar-refractivity contribution in [3.05, 3.63) is 60.7 Å². The Balaban J connectivity index is 1.45. The van der Waals surface area contributed by atoms with Crippen molar-refractivity contribution in [1.82, 2.24) is 14.5 Å². The van der Waals surface area contributed by atoms with Crippen LogP contribution in [0.15, 0.2) is 65.6 Å². The van der Waals surface area contributed by atoms with Gasteiger partial charge in [-0.25, -0.2) is 13.4 Å². The smallest absolute Gasteiger partial charge is 0.223 e. The number of aromatic nitrogens is 2. The third kappa shape index (κ3) is 4.95. The number of piperazine rings is 1. The number of fused-ring (bicyclic) bond motifs is 1. The van der Waals surface area contributed by atoms with E-state index in [2.05, 4.69) is 58.5 Å². The molecule has 8 heteroatoms. The van der Waals surface area contributed by atoms with E-state index in [1.165, 1.54) is 11.9 Å². The lowest BCUT2D eigenvalue weighted by atomic mass is 10.1. The van der Waals surface area contributed by atoms with E-state index in [0.717, 1.165) is 59.6 Å². The van der Waals surface area contributed by atoms with Crippen molar-refractivity contribution < 1.29 is 13.2 Å². The van der Waals surface area contributed by atoms with Crippen LogP contribution < -0.4 is 9.64 Å². The van der Waals surface area contributed by atoms with Gasteiger partial charge < -0.3 is 14.2 Å². The molecule has 4 aromatic rings. The van der Waals surface area contributed by atoms with Crippen molar-refractivity contribution in [3.8, 4) is 28.4 Å². The van der Waals surface area contributed by atoms with E-state index < -0.39 is 9.84 Å². The number of hydrogen-bond donors (Lipinski definition) is 0. The second kappa shape index (κ2) is 9.84. The molecule has 37 heavy (non-hydrogen) atoms. The maximum Gasteiger partial charge on any atom is 0.223 e. The minimum absolute atomic E-state index is 0.307. The molecule has 194 valence electrons. The predicted octanol–water partition coefficient (Wildman–Crippen LogP) is 4.85. The Morgan fingerprint density at radius 1 is 0.892 bits per heavy atom. The molecule has 1 fully saturated rings. The Labute approximate surface area is 219 Å². The van der Waals surface area contributed by atoms with Crippen molar-refractivity contribution in [2.75, 3.05) is 44.4 Å². The molecule has 1 saturated heterocycles. The van der Waals surface area contributed by atoms with E-state index in [1.54, 1.807) is 19.2 Å². The van der Waals surface area contributed by atoms with Gasteiger partial charge in [0.2, 0.25) is 5.88 Å². The Kier molecular flexibility index (Phi) is 6.72. The average Bonchev–Trinajstić information content (AvgIpc) is 3.24. The zero-order valence-corrected chi connectivity index (χ0v) is 22.9. The number of sulfone groups is 1. The van der Waals surface area contributed by atoms with E-state index in [4.69, 9.17) is 9.72 Å². The molecule has 0 atom stereocenters. The third-order valence-corrected chi connectivity index (χ3v) is 8.48. The molecule has 3 heterocycles. The van der Waals surface area contributed by atoms with Gasteiger partial charge >= 0.3 is 0 Å². The molecule has 0 spiro atoms. The number of hydrogen-bond acceptors (Lipinski definition) is 6. The van der Waals surface area contributed by atoms with Gasteiger partial charge in [0.1, 0.15) is 0 Å². The zero-order valence-electron chi connectivity index (χ0n) is 22.1. The number of methoxy groups -OCH3 is 1. The Morgan fingerprint density at radius 3 is 2.08 bits per heavy atom. The van der Waals surface area contributed by atoms with Crippen LogP contribution in [0.25, 0.3) is 33.4 Å². The number of nitrogens with zero attached hydrogens (tertiary/aromatic N) is 4. The first-order valence-corrected chi connectivity index (χ1v) is 14.5. The van der Waals surface area contributed by atoms with Crippen LogP contribution in [0.2, 0.25) is 0 Å². The van der Waals surface area contributed by atoms with Gasteiger partial charge in [-0.1, -0.05) is 24.3 Å². The van der Waals surface area contributed by atoms with E-state index in [-0.39, 0.29) is 0 Å². The van der Waals surface area contributed by atoms with Crippen LogP contribution in [0.5, 0.6) is 5.88 Å². The highest BCUT2D eigenvalue weighted by molar-refractivity contribution is 7.90. The van der Waals surface area contributed by atoms with E-state index in [9.17, 15) is 8.42 Å². The summed E-state index contributed by atoms with van der Waals surface area (Å²) in [7, 11) is 0.401. The lowest BCUT2D eigenvalue weighted by molar-refractivity contribution is 0.209. The molecule has 0 aliphatic carbocycles. The topological polar surface area (TPSA) is 67.7 Å². The van der Waals surface area contributed by atoms with Gasteiger partial charge in [0.15, 0.2) is 9.84 Å². The highest BCUT2D eigenvalue weighted by Gasteiger charge is 2.20. The van der Waals surface area contributed by atoms with Gasteiger partial charge in [0.25, 0.3) is 0 Å². The predicted molar refractivity (Wildman–Crippen MR) is 150 cm³/mol. The molecule has 0 N–H and O–H groups in total. The lowest BCUT2D eigenvalue weighted by Crippen LogP contribution is -2.48. The van der Waals surface area contributed by atoms with Gasteiger partial charge in [-0.3, -0.25) is 4.90 Å². The SMILES string of the molecule is COc1nc(-c2ccc(N3CCN(C(C)C)CC3)cc2)cc2c1cc(-c1ccc(S(C)(=O)=O)cc1)n2C. The van der Waals surface area contributed by atoms with Gasteiger partial charge in [-0.15, -0.1) is 0 Å². The molecule has 2 aromatic heterocycles. The van der Waals surface area contributed by atoms with Crippen LogP contribution in [0, 0.1) is 0 Å². The van der Waals surface area contributed by atoms with Crippen LogP contribution in [0.4, 0.5) is 5.69 Å². The van der Waals surface area contributed by atoms with Crippen molar-refractivity contribution in [2.24, 2.45) is 7.05 Å². The lowest BCUT2D eigenvalue weighted by Gasteiger charge is -2.38. The summed E-state index contributed by atoms with van der Waals surface area (Å²) in [6, 6.07) is 20.3. The molecule has 0 saturated carbocycles. The third-order valence-electron chi connectivity index (χ3n) is 7.35. The first-order chi connectivity index (χ1) is 17.7. The molecular weight excluding hydrogens is 484 g/mol. The molecule has 1 aliphatic rings. The van der Waals surface area contributed by atoms with Crippen molar-refractivity contribution in [2.45, 2.75) is 24.8 Å². The van der Waals surface area contributed by atoms with Crippen LogP contribution in [0.1, 0.15) is 13.8 Å². The number of aryl methyl sites for hydroxylation is 1. The molecule has 1 aliphatic heterocycles. The standard InChI is InChI=1S/C29H34N4O3S/c1-20(2)32-14-16-33(17-15-32)23-10-6-21(7-11-23)26-19-28-25(29(30-26)36-4)18-27(31(28)3)22-8-12-24(13-9-22)37(5,34)35/h6-13,18-20H,14-17H2,1-5H3. The largest absolute Gasteiger partial charge is 0.480 e. The maximum absolute atomic E-state index is 11.9. The molecule has 7 nitrogen and oxygen atoms in total. The van der Waals surface area contributed by atoms with E-state index in [1.807, 2.05) is 25.2 Å². The number of benzene rings is 2. The molecule has 0 unspecified atom stereocenters. The summed E-state index contributed by atoms with van der Waals surface area (Å²) < 4.78 is 31.5. The summed E-state index contributed by atoms with van der Waals surface area (Å²) in [5.74, 6) is 0.566. The second-order valence-electron chi connectivity index (χ2n) is 10.00. The quantitative estimate of drug-likeness (QED) is 0.364. The van der Waals surface area contributed by atoms with E-state index in [0.29, 0.717) is 16.8 Å². The summed E-state index contributed by atoms with van der Waals surface area (Å²) in [5.41, 5.74) is 6.00. The van der Waals surface area contributed by atoms with Crippen molar-refractivity contribution in [3.63, 3.8) is 0 Å². The average molecular weight is 519 g/mol. The number of ether oxygens (including phenoxy) is 1. The van der Waals surface area contributed by atoms with Crippen LogP contribution >= 0.6 is 0 Å². The monoisotopic (exact) mass is 518 g/mol. The minimum atomic E-state index is -3.24. The Bertz CT molecular complexity index is 1520. The molecule has 0 amide bonds. The van der Waals surface area contributed by atoms with Gasteiger partial charge in [-0.2, -0.15) is 0 Å². The normalized spacial score (nSPS) is 15.0. The van der Waals surface area contributed by atoms with Crippen LogP contribution in [-0.2, 0) is 16.9 Å². The van der Waals surface area contributed by atoms with Crippen molar-refractivity contribution >= 4 is 26.4 Å². The fourth-order valence-corrected chi connectivity index (χ4v) is 5.72. The second-order valence-corrected chi connectivity index (χ2v) is 12.0. The summed E-state index contributed by atoms with van der Waals surface area (Å²) in [5, 5.41) is 0.913. The van der Waals surface area contributed by atoms with Gasteiger partial charge in [0, 0.05) is 62.5 Å². The number of pyridine rings is 1. The first-order valence-electron chi connectivity index (χ1n) is 12.6. The van der Waals surface area contributed by atoms with Crippen molar-refractivity contribution in [1.29, 1.82) is 0 Å². The summed E-state index contributed by atoms with van der Waals surface area (Å²) in [6.07, 6.45) is 1.22. The van der Waals surface area contributed by atoms with Crippen LogP contribution in [0.3, 0.4) is 0 Å². The summed E-state index contributed by atoms with van der Waals surface area (Å²) in [4.78, 5) is 10.1. The Hall–Kier alpha value is -3.36. The molecule has 5 rings (SSSR count). The highest BCUT2D eigenvalue weighted by Crippen LogP contribution is 2.35. The van der Waals surface area contributed by atoms with Gasteiger partial charge in [0.05, 0.1) is 28.6 Å². The molecular formula is C29H34N4O3S. The number of rotatable bonds is 6. The minimum Gasteiger partial charge on any atom is -0.480 e. The summed E-state index contributed by atoms with van der Waals surface area (Å²) >= 11 is 0. The first kappa shape index (κ1) is 25.3. The highest BCUT2D eigenvalue weighted by atomic mass is 32.2. The van der Waals surface area contributed by atoms with E-state index >= 15 is 0 Å². The fourth-order valence-electron chi connectivity index (χ4n) is 5.09. The fraction of sp³-hybridized carbons (Fsp3) is 0.345. The van der Waals surface area contributed by atoms with Gasteiger partial charge in [-0.05, 0) is 55.8 Å². The molecule has 0 radical (unpaired) electrons. The summed E-state index contributed by atoms with van der Waals surface area (Å²) in [6.45, 7) is 8.75. The van der Waals surface area contributed by atoms with Crippen LogP contribution in [-0.4, -0.2) is 68.5 Å². The Morgan fingerprint density at radius 2 is 1.51 bits per heavy atom. The number of anilines is 1.